The van der Waals surface area contributed by atoms with E-state index in [1.807, 2.05) is 0 Å². The molecule has 1 aromatic carbocycles. The monoisotopic (exact) mass is 300 g/mol. The van der Waals surface area contributed by atoms with Crippen LogP contribution in [-0.4, -0.2) is 45.1 Å². The standard InChI is InChI=1S/C13H20N2O4S/c1-13(2,9-14)15(3)20(16,17)10-4-5-11-12(8-10)19-7-6-18-11/h4-5,8H,6-7,9,14H2,1-3H3. The summed E-state index contributed by atoms with van der Waals surface area (Å²) in [5, 5.41) is 0. The van der Waals surface area contributed by atoms with Crippen LogP contribution in [-0.2, 0) is 10.0 Å². The average Bonchev–Trinajstić information content (AvgIpc) is 2.45. The first kappa shape index (κ1) is 15.1. The maximum absolute atomic E-state index is 12.6. The molecule has 7 heteroatoms. The second-order valence-corrected chi connectivity index (χ2v) is 7.26. The lowest BCUT2D eigenvalue weighted by atomic mass is 10.1. The summed E-state index contributed by atoms with van der Waals surface area (Å²) in [5.74, 6) is 1.02. The number of hydrogen-bond acceptors (Lipinski definition) is 5. The third kappa shape index (κ3) is 2.61. The van der Waals surface area contributed by atoms with Gasteiger partial charge >= 0.3 is 0 Å². The van der Waals surface area contributed by atoms with Gasteiger partial charge in [-0.3, -0.25) is 0 Å². The number of benzene rings is 1. The van der Waals surface area contributed by atoms with E-state index in [4.69, 9.17) is 15.2 Å². The minimum absolute atomic E-state index is 0.172. The summed E-state index contributed by atoms with van der Waals surface area (Å²) >= 11 is 0. The fourth-order valence-electron chi connectivity index (χ4n) is 1.80. The second-order valence-electron chi connectivity index (χ2n) is 5.29. The van der Waals surface area contributed by atoms with Crippen LogP contribution in [0.1, 0.15) is 13.8 Å². The largest absolute Gasteiger partial charge is 0.486 e. The van der Waals surface area contributed by atoms with Gasteiger partial charge in [0.15, 0.2) is 11.5 Å². The van der Waals surface area contributed by atoms with Crippen molar-refractivity contribution >= 4 is 10.0 Å². The Balaban J connectivity index is 2.40. The van der Waals surface area contributed by atoms with Crippen molar-refractivity contribution in [1.29, 1.82) is 0 Å². The summed E-state index contributed by atoms with van der Waals surface area (Å²) in [7, 11) is -2.10. The van der Waals surface area contributed by atoms with E-state index in [0.717, 1.165) is 0 Å². The number of ether oxygens (including phenoxy) is 2. The Labute approximate surface area is 119 Å². The molecule has 0 radical (unpaired) electrons. The fourth-order valence-corrected chi connectivity index (χ4v) is 3.33. The van der Waals surface area contributed by atoms with Crippen molar-refractivity contribution in [3.63, 3.8) is 0 Å². The predicted molar refractivity (Wildman–Crippen MR) is 75.5 cm³/mol. The number of fused-ring (bicyclic) bond motifs is 1. The highest BCUT2D eigenvalue weighted by Crippen LogP contribution is 2.33. The van der Waals surface area contributed by atoms with E-state index in [1.165, 1.54) is 23.5 Å². The Hall–Kier alpha value is -1.31. The van der Waals surface area contributed by atoms with Crippen LogP contribution in [0, 0.1) is 0 Å². The van der Waals surface area contributed by atoms with Crippen LogP contribution in [0.2, 0.25) is 0 Å². The van der Waals surface area contributed by atoms with Gasteiger partial charge in [-0.25, -0.2) is 8.42 Å². The van der Waals surface area contributed by atoms with Gasteiger partial charge < -0.3 is 15.2 Å². The molecule has 1 aromatic rings. The van der Waals surface area contributed by atoms with Crippen LogP contribution in [0.4, 0.5) is 0 Å². The number of rotatable bonds is 4. The number of likely N-dealkylation sites (N-methyl/N-ethyl adjacent to an activating group) is 1. The molecule has 0 aromatic heterocycles. The van der Waals surface area contributed by atoms with Gasteiger partial charge in [0.1, 0.15) is 13.2 Å². The molecule has 0 spiro atoms. The van der Waals surface area contributed by atoms with Crippen LogP contribution >= 0.6 is 0 Å². The molecule has 0 atom stereocenters. The maximum Gasteiger partial charge on any atom is 0.243 e. The summed E-state index contributed by atoms with van der Waals surface area (Å²) in [6.45, 7) is 4.68. The van der Waals surface area contributed by atoms with Crippen LogP contribution in [0.5, 0.6) is 11.5 Å². The highest BCUT2D eigenvalue weighted by Gasteiger charge is 2.33. The van der Waals surface area contributed by atoms with Crippen molar-refractivity contribution in [3.05, 3.63) is 18.2 Å². The van der Waals surface area contributed by atoms with Gasteiger partial charge in [-0.05, 0) is 26.0 Å². The molecule has 2 rings (SSSR count). The molecule has 0 saturated heterocycles. The van der Waals surface area contributed by atoms with Gasteiger partial charge in [0.05, 0.1) is 4.90 Å². The van der Waals surface area contributed by atoms with Gasteiger partial charge in [0, 0.05) is 25.2 Å². The van der Waals surface area contributed by atoms with Crippen LogP contribution in [0.3, 0.4) is 0 Å². The Morgan fingerprint density at radius 1 is 1.25 bits per heavy atom. The summed E-state index contributed by atoms with van der Waals surface area (Å²) in [4.78, 5) is 0.172. The minimum atomic E-state index is -3.62. The van der Waals surface area contributed by atoms with Gasteiger partial charge in [-0.1, -0.05) is 0 Å². The lowest BCUT2D eigenvalue weighted by molar-refractivity contribution is 0.171. The van der Waals surface area contributed by atoms with Crippen LogP contribution < -0.4 is 15.2 Å². The Morgan fingerprint density at radius 3 is 2.45 bits per heavy atom. The highest BCUT2D eigenvalue weighted by atomic mass is 32.2. The Kier molecular flexibility index (Phi) is 3.95. The van der Waals surface area contributed by atoms with Gasteiger partial charge in [-0.15, -0.1) is 0 Å². The molecule has 1 heterocycles. The first-order valence-electron chi connectivity index (χ1n) is 6.38. The van der Waals surface area contributed by atoms with E-state index in [1.54, 1.807) is 19.9 Å². The number of hydrogen-bond donors (Lipinski definition) is 1. The zero-order valence-electron chi connectivity index (χ0n) is 11.9. The third-order valence-corrected chi connectivity index (χ3v) is 5.59. The molecular formula is C13H20N2O4S. The molecule has 0 unspecified atom stereocenters. The zero-order valence-corrected chi connectivity index (χ0v) is 12.7. The van der Waals surface area contributed by atoms with Crippen molar-refractivity contribution in [2.24, 2.45) is 5.73 Å². The molecule has 6 nitrogen and oxygen atoms in total. The number of sulfonamides is 1. The SMILES string of the molecule is CN(C(C)(C)CN)S(=O)(=O)c1ccc2c(c1)OCCO2. The van der Waals surface area contributed by atoms with Crippen molar-refractivity contribution in [2.45, 2.75) is 24.3 Å². The molecule has 1 aliphatic rings. The zero-order chi connectivity index (χ0) is 15.0. The second kappa shape index (κ2) is 5.23. The van der Waals surface area contributed by atoms with E-state index in [-0.39, 0.29) is 11.4 Å². The molecule has 0 aliphatic carbocycles. The van der Waals surface area contributed by atoms with Gasteiger partial charge in [-0.2, -0.15) is 4.31 Å². The topological polar surface area (TPSA) is 81.9 Å². The van der Waals surface area contributed by atoms with E-state index >= 15 is 0 Å². The van der Waals surface area contributed by atoms with E-state index < -0.39 is 15.6 Å². The first-order valence-corrected chi connectivity index (χ1v) is 7.82. The number of nitrogens with two attached hydrogens (primary N) is 1. The molecule has 0 saturated carbocycles. The van der Waals surface area contributed by atoms with Crippen LogP contribution in [0.25, 0.3) is 0 Å². The van der Waals surface area contributed by atoms with Crippen molar-refractivity contribution < 1.29 is 17.9 Å². The molecule has 2 N–H and O–H groups in total. The molecule has 0 bridgehead atoms. The van der Waals surface area contributed by atoms with Crippen molar-refractivity contribution in [2.75, 3.05) is 26.8 Å². The minimum Gasteiger partial charge on any atom is -0.486 e. The Morgan fingerprint density at radius 2 is 1.85 bits per heavy atom. The van der Waals surface area contributed by atoms with E-state index in [2.05, 4.69) is 0 Å². The van der Waals surface area contributed by atoms with Crippen molar-refractivity contribution in [1.82, 2.24) is 4.31 Å². The maximum atomic E-state index is 12.6. The average molecular weight is 300 g/mol. The molecule has 1 aliphatic heterocycles. The molecular weight excluding hydrogens is 280 g/mol. The molecule has 112 valence electrons. The lowest BCUT2D eigenvalue weighted by Crippen LogP contribution is -2.49. The summed E-state index contributed by atoms with van der Waals surface area (Å²) in [6, 6.07) is 4.63. The van der Waals surface area contributed by atoms with Crippen LogP contribution in [0.15, 0.2) is 23.1 Å². The quantitative estimate of drug-likeness (QED) is 0.890. The first-order chi connectivity index (χ1) is 9.29. The summed E-state index contributed by atoms with van der Waals surface area (Å²) in [6.07, 6.45) is 0. The third-order valence-electron chi connectivity index (χ3n) is 3.52. The fraction of sp³-hybridized carbons (Fsp3) is 0.538. The summed E-state index contributed by atoms with van der Waals surface area (Å²) < 4.78 is 37.3. The van der Waals surface area contributed by atoms with E-state index in [9.17, 15) is 8.42 Å². The number of nitrogens with zero attached hydrogens (tertiary/aromatic N) is 1. The molecule has 0 fully saturated rings. The van der Waals surface area contributed by atoms with Gasteiger partial charge in [0.2, 0.25) is 10.0 Å². The lowest BCUT2D eigenvalue weighted by Gasteiger charge is -2.33. The highest BCUT2D eigenvalue weighted by molar-refractivity contribution is 7.89. The van der Waals surface area contributed by atoms with Gasteiger partial charge in [0.25, 0.3) is 0 Å². The normalized spacial score (nSPS) is 15.4. The predicted octanol–water partition coefficient (Wildman–Crippen LogP) is 0.816. The van der Waals surface area contributed by atoms with E-state index in [0.29, 0.717) is 24.7 Å². The molecule has 20 heavy (non-hydrogen) atoms. The van der Waals surface area contributed by atoms with Crippen molar-refractivity contribution in [3.8, 4) is 11.5 Å². The Bertz CT molecular complexity index is 598. The smallest absolute Gasteiger partial charge is 0.243 e. The molecule has 0 amide bonds. The summed E-state index contributed by atoms with van der Waals surface area (Å²) in [5.41, 5.74) is 4.98.